The maximum atomic E-state index is 13.4. The first-order valence-electron chi connectivity index (χ1n) is 6.98. The largest absolute Gasteiger partial charge is 0.485 e. The van der Waals surface area contributed by atoms with E-state index in [9.17, 15) is 4.39 Å². The molecule has 0 aromatic heterocycles. The highest BCUT2D eigenvalue weighted by atomic mass is 19.1. The molecule has 0 fully saturated rings. The van der Waals surface area contributed by atoms with Gasteiger partial charge < -0.3 is 10.5 Å². The summed E-state index contributed by atoms with van der Waals surface area (Å²) in [6.45, 7) is 2.12. The Morgan fingerprint density at radius 2 is 2.00 bits per heavy atom. The molecule has 2 N–H and O–H groups in total. The molecular formula is C17H18FNO. The van der Waals surface area contributed by atoms with Crippen LogP contribution in [-0.4, -0.2) is 0 Å². The molecule has 1 unspecified atom stereocenters. The van der Waals surface area contributed by atoms with Crippen molar-refractivity contribution in [2.75, 3.05) is 0 Å². The highest BCUT2D eigenvalue weighted by molar-refractivity contribution is 5.40. The van der Waals surface area contributed by atoms with Gasteiger partial charge in [0.1, 0.15) is 17.7 Å². The molecule has 0 spiro atoms. The summed E-state index contributed by atoms with van der Waals surface area (Å²) in [7, 11) is 0. The summed E-state index contributed by atoms with van der Waals surface area (Å²) in [5.41, 5.74) is 9.51. The van der Waals surface area contributed by atoms with Gasteiger partial charge in [-0.1, -0.05) is 37.3 Å². The highest BCUT2D eigenvalue weighted by Crippen LogP contribution is 2.40. The van der Waals surface area contributed by atoms with Crippen molar-refractivity contribution >= 4 is 0 Å². The lowest BCUT2D eigenvalue weighted by atomic mass is 9.91. The molecule has 0 amide bonds. The van der Waals surface area contributed by atoms with Gasteiger partial charge in [0.2, 0.25) is 0 Å². The van der Waals surface area contributed by atoms with Crippen LogP contribution in [0.5, 0.6) is 5.75 Å². The molecule has 0 saturated heterocycles. The maximum Gasteiger partial charge on any atom is 0.127 e. The highest BCUT2D eigenvalue weighted by Gasteiger charge is 2.28. The minimum absolute atomic E-state index is 0.101. The summed E-state index contributed by atoms with van der Waals surface area (Å²) in [5.74, 6) is 0.278. The van der Waals surface area contributed by atoms with E-state index in [-0.39, 0.29) is 18.0 Å². The predicted octanol–water partition coefficient (Wildman–Crippen LogP) is 3.91. The Balaban J connectivity index is 1.98. The van der Waals surface area contributed by atoms with Crippen molar-refractivity contribution in [3.63, 3.8) is 0 Å². The lowest BCUT2D eigenvalue weighted by molar-refractivity contribution is 0.160. The van der Waals surface area contributed by atoms with E-state index in [4.69, 9.17) is 10.5 Å². The third-order valence-corrected chi connectivity index (χ3v) is 3.90. The van der Waals surface area contributed by atoms with Crippen LogP contribution in [0.25, 0.3) is 0 Å². The molecule has 104 valence electrons. The van der Waals surface area contributed by atoms with Gasteiger partial charge in [-0.15, -0.1) is 0 Å². The Hall–Kier alpha value is -1.87. The molecule has 3 heteroatoms. The fraction of sp³-hybridized carbons (Fsp3) is 0.294. The van der Waals surface area contributed by atoms with Gasteiger partial charge in [-0.25, -0.2) is 4.39 Å². The quantitative estimate of drug-likeness (QED) is 0.898. The van der Waals surface area contributed by atoms with Gasteiger partial charge in [0.05, 0.1) is 0 Å². The number of hydrogen-bond acceptors (Lipinski definition) is 2. The number of fused-ring (bicyclic) bond motifs is 1. The van der Waals surface area contributed by atoms with Gasteiger partial charge in [0.25, 0.3) is 0 Å². The first-order valence-corrected chi connectivity index (χ1v) is 6.98. The minimum atomic E-state index is -0.291. The fourth-order valence-corrected chi connectivity index (χ4v) is 2.84. The number of halogens is 1. The smallest absolute Gasteiger partial charge is 0.127 e. The van der Waals surface area contributed by atoms with Crippen LogP contribution in [0, 0.1) is 5.82 Å². The topological polar surface area (TPSA) is 35.2 Å². The van der Waals surface area contributed by atoms with E-state index >= 15 is 0 Å². The number of ether oxygens (including phenoxy) is 1. The van der Waals surface area contributed by atoms with Crippen molar-refractivity contribution < 1.29 is 9.13 Å². The van der Waals surface area contributed by atoms with E-state index in [0.29, 0.717) is 5.75 Å². The van der Waals surface area contributed by atoms with Crippen molar-refractivity contribution in [1.82, 2.24) is 0 Å². The van der Waals surface area contributed by atoms with E-state index in [1.54, 1.807) is 6.07 Å². The van der Waals surface area contributed by atoms with Gasteiger partial charge in [-0.2, -0.15) is 0 Å². The van der Waals surface area contributed by atoms with E-state index in [0.717, 1.165) is 24.0 Å². The van der Waals surface area contributed by atoms with E-state index in [1.807, 2.05) is 12.1 Å². The fourth-order valence-electron chi connectivity index (χ4n) is 2.84. The first kappa shape index (κ1) is 13.1. The number of rotatable bonds is 2. The summed E-state index contributed by atoms with van der Waals surface area (Å²) in [5, 5.41) is 0. The molecule has 0 aliphatic carbocycles. The number of aryl methyl sites for hydroxylation is 1. The van der Waals surface area contributed by atoms with Crippen LogP contribution >= 0.6 is 0 Å². The number of hydrogen-bond donors (Lipinski definition) is 1. The average molecular weight is 271 g/mol. The zero-order valence-corrected chi connectivity index (χ0v) is 11.5. The van der Waals surface area contributed by atoms with Gasteiger partial charge in [-0.3, -0.25) is 0 Å². The second-order valence-corrected chi connectivity index (χ2v) is 5.18. The Bertz CT molecular complexity index is 626. The summed E-state index contributed by atoms with van der Waals surface area (Å²) in [6.07, 6.45) is 1.56. The predicted molar refractivity (Wildman–Crippen MR) is 77.1 cm³/mol. The van der Waals surface area contributed by atoms with Crippen LogP contribution in [0.1, 0.15) is 42.2 Å². The lowest BCUT2D eigenvalue weighted by Crippen LogP contribution is -2.24. The van der Waals surface area contributed by atoms with Crippen LogP contribution in [0.4, 0.5) is 4.39 Å². The van der Waals surface area contributed by atoms with Crippen molar-refractivity contribution in [2.24, 2.45) is 5.73 Å². The molecule has 1 aliphatic heterocycles. The molecule has 2 nitrogen and oxygen atoms in total. The monoisotopic (exact) mass is 271 g/mol. The van der Waals surface area contributed by atoms with Gasteiger partial charge in [0.15, 0.2) is 0 Å². The summed E-state index contributed by atoms with van der Waals surface area (Å²) in [4.78, 5) is 0. The zero-order valence-electron chi connectivity index (χ0n) is 11.5. The Morgan fingerprint density at radius 3 is 2.80 bits per heavy atom. The molecule has 0 saturated carbocycles. The maximum absolute atomic E-state index is 13.4. The normalized spacial score (nSPS) is 21.1. The van der Waals surface area contributed by atoms with E-state index < -0.39 is 0 Å². The molecular weight excluding hydrogens is 253 g/mol. The van der Waals surface area contributed by atoms with Crippen molar-refractivity contribution in [3.8, 4) is 5.75 Å². The molecule has 3 rings (SSSR count). The zero-order chi connectivity index (χ0) is 14.1. The molecule has 1 heterocycles. The first-order chi connectivity index (χ1) is 9.69. The molecule has 2 atom stereocenters. The molecule has 20 heavy (non-hydrogen) atoms. The summed E-state index contributed by atoms with van der Waals surface area (Å²) < 4.78 is 19.4. The third kappa shape index (κ3) is 2.29. The lowest BCUT2D eigenvalue weighted by Gasteiger charge is -2.31. The standard InChI is InChI=1S/C17H18FNO/c1-2-11-5-3-4-6-13(11)17-10-15(19)14-8-7-12(18)9-16(14)20-17/h3-9,15,17H,2,10,19H2,1H3/t15-,17?/m0/s1. The molecule has 0 radical (unpaired) electrons. The van der Waals surface area contributed by atoms with Crippen LogP contribution in [0.3, 0.4) is 0 Å². The van der Waals surface area contributed by atoms with Crippen molar-refractivity contribution in [1.29, 1.82) is 0 Å². The van der Waals surface area contributed by atoms with Crippen molar-refractivity contribution in [3.05, 3.63) is 65.0 Å². The Labute approximate surface area is 118 Å². The molecule has 2 aromatic carbocycles. The second kappa shape index (κ2) is 5.25. The SMILES string of the molecule is CCc1ccccc1C1C[C@H](N)c2ccc(F)cc2O1. The van der Waals surface area contributed by atoms with Crippen LogP contribution < -0.4 is 10.5 Å². The van der Waals surface area contributed by atoms with Crippen molar-refractivity contribution in [2.45, 2.75) is 31.9 Å². The van der Waals surface area contributed by atoms with E-state index in [1.165, 1.54) is 17.7 Å². The second-order valence-electron chi connectivity index (χ2n) is 5.18. The number of benzene rings is 2. The van der Waals surface area contributed by atoms with Crippen LogP contribution in [0.2, 0.25) is 0 Å². The van der Waals surface area contributed by atoms with E-state index in [2.05, 4.69) is 19.1 Å². The molecule has 2 aromatic rings. The third-order valence-electron chi connectivity index (χ3n) is 3.90. The summed E-state index contributed by atoms with van der Waals surface area (Å²) >= 11 is 0. The Morgan fingerprint density at radius 1 is 1.20 bits per heavy atom. The summed E-state index contributed by atoms with van der Waals surface area (Å²) in [6, 6.07) is 12.7. The Kier molecular flexibility index (Phi) is 3.45. The average Bonchev–Trinajstić information content (AvgIpc) is 2.46. The van der Waals surface area contributed by atoms with Gasteiger partial charge in [-0.05, 0) is 23.6 Å². The minimum Gasteiger partial charge on any atom is -0.485 e. The van der Waals surface area contributed by atoms with Crippen LogP contribution in [-0.2, 0) is 6.42 Å². The molecule has 0 bridgehead atoms. The van der Waals surface area contributed by atoms with Crippen LogP contribution in [0.15, 0.2) is 42.5 Å². The number of nitrogens with two attached hydrogens (primary N) is 1. The van der Waals surface area contributed by atoms with Gasteiger partial charge >= 0.3 is 0 Å². The van der Waals surface area contributed by atoms with Gasteiger partial charge in [0, 0.05) is 24.1 Å². The molecule has 1 aliphatic rings.